The highest BCUT2D eigenvalue weighted by molar-refractivity contribution is 5.80. The maximum absolute atomic E-state index is 11.9. The predicted molar refractivity (Wildman–Crippen MR) is 79.2 cm³/mol. The molecule has 0 aromatic heterocycles. The number of anilines is 1. The summed E-state index contributed by atoms with van der Waals surface area (Å²) in [7, 11) is 0. The highest BCUT2D eigenvalue weighted by Crippen LogP contribution is 2.23. The summed E-state index contributed by atoms with van der Waals surface area (Å²) in [5, 5.41) is 6.28. The third-order valence-electron chi connectivity index (χ3n) is 3.89. The molecule has 2 rings (SSSR count). The summed E-state index contributed by atoms with van der Waals surface area (Å²) in [6.07, 6.45) is 4.71. The van der Waals surface area contributed by atoms with Gasteiger partial charge in [0, 0.05) is 11.7 Å². The standard InChI is InChI=1S/C16H24N2O/c1-12-3-7-14(8-4-12)17-11-16(19)18-15-9-5-13(2)6-10-15/h3-4,7-8,13,15,17H,5-6,9-11H2,1-2H3,(H,18,19). The van der Waals surface area contributed by atoms with Crippen molar-refractivity contribution in [2.24, 2.45) is 5.92 Å². The molecular formula is C16H24N2O. The highest BCUT2D eigenvalue weighted by atomic mass is 16.1. The molecule has 1 saturated carbocycles. The van der Waals surface area contributed by atoms with Crippen molar-refractivity contribution < 1.29 is 4.79 Å². The van der Waals surface area contributed by atoms with Crippen molar-refractivity contribution in [3.05, 3.63) is 29.8 Å². The van der Waals surface area contributed by atoms with E-state index in [-0.39, 0.29) is 5.91 Å². The highest BCUT2D eigenvalue weighted by Gasteiger charge is 2.19. The van der Waals surface area contributed by atoms with E-state index >= 15 is 0 Å². The molecule has 104 valence electrons. The quantitative estimate of drug-likeness (QED) is 0.873. The molecule has 1 aliphatic carbocycles. The fourth-order valence-corrected chi connectivity index (χ4v) is 2.54. The van der Waals surface area contributed by atoms with E-state index < -0.39 is 0 Å². The first-order valence-corrected chi connectivity index (χ1v) is 7.23. The summed E-state index contributed by atoms with van der Waals surface area (Å²) in [5.74, 6) is 0.916. The van der Waals surface area contributed by atoms with Crippen LogP contribution in [0.4, 0.5) is 5.69 Å². The van der Waals surface area contributed by atoms with Crippen LogP contribution in [0.2, 0.25) is 0 Å². The van der Waals surface area contributed by atoms with Crippen LogP contribution in [0.1, 0.15) is 38.2 Å². The van der Waals surface area contributed by atoms with Crippen molar-refractivity contribution in [1.82, 2.24) is 5.32 Å². The number of aryl methyl sites for hydroxylation is 1. The van der Waals surface area contributed by atoms with Gasteiger partial charge in [0.2, 0.25) is 5.91 Å². The molecule has 3 nitrogen and oxygen atoms in total. The Bertz CT molecular complexity index is 405. The van der Waals surface area contributed by atoms with Crippen molar-refractivity contribution in [3.8, 4) is 0 Å². The molecule has 1 fully saturated rings. The van der Waals surface area contributed by atoms with Crippen LogP contribution in [0.15, 0.2) is 24.3 Å². The van der Waals surface area contributed by atoms with Crippen LogP contribution in [0.25, 0.3) is 0 Å². The number of benzene rings is 1. The summed E-state index contributed by atoms with van der Waals surface area (Å²) < 4.78 is 0. The van der Waals surface area contributed by atoms with Crippen LogP contribution < -0.4 is 10.6 Å². The van der Waals surface area contributed by atoms with Crippen molar-refractivity contribution in [3.63, 3.8) is 0 Å². The summed E-state index contributed by atoms with van der Waals surface area (Å²) >= 11 is 0. The van der Waals surface area contributed by atoms with Gasteiger partial charge in [0.05, 0.1) is 6.54 Å². The van der Waals surface area contributed by atoms with E-state index in [2.05, 4.69) is 24.5 Å². The van der Waals surface area contributed by atoms with Crippen LogP contribution in [0.5, 0.6) is 0 Å². The Hall–Kier alpha value is -1.51. The van der Waals surface area contributed by atoms with E-state index in [1.165, 1.54) is 18.4 Å². The van der Waals surface area contributed by atoms with Crippen LogP contribution >= 0.6 is 0 Å². The minimum Gasteiger partial charge on any atom is -0.376 e. The largest absolute Gasteiger partial charge is 0.376 e. The van der Waals surface area contributed by atoms with Crippen LogP contribution in [-0.2, 0) is 4.79 Å². The second-order valence-electron chi connectivity index (χ2n) is 5.74. The van der Waals surface area contributed by atoms with Gasteiger partial charge in [-0.25, -0.2) is 0 Å². The zero-order valence-electron chi connectivity index (χ0n) is 11.9. The SMILES string of the molecule is Cc1ccc(NCC(=O)NC2CCC(C)CC2)cc1. The molecule has 3 heteroatoms. The lowest BCUT2D eigenvalue weighted by atomic mass is 9.87. The van der Waals surface area contributed by atoms with Gasteiger partial charge in [-0.1, -0.05) is 24.6 Å². The number of nitrogens with one attached hydrogen (secondary N) is 2. The fourth-order valence-electron chi connectivity index (χ4n) is 2.54. The van der Waals surface area contributed by atoms with Gasteiger partial charge in [-0.15, -0.1) is 0 Å². The van der Waals surface area contributed by atoms with E-state index in [1.807, 2.05) is 24.3 Å². The molecule has 1 aliphatic rings. The first-order chi connectivity index (χ1) is 9.13. The lowest BCUT2D eigenvalue weighted by Crippen LogP contribution is -2.40. The minimum atomic E-state index is 0.0973. The first-order valence-electron chi connectivity index (χ1n) is 7.23. The number of amides is 1. The van der Waals surface area contributed by atoms with Gasteiger partial charge in [-0.2, -0.15) is 0 Å². The molecule has 0 spiro atoms. The van der Waals surface area contributed by atoms with Crippen molar-refractivity contribution in [1.29, 1.82) is 0 Å². The van der Waals surface area contributed by atoms with Crippen LogP contribution in [-0.4, -0.2) is 18.5 Å². The molecule has 1 aromatic rings. The van der Waals surface area contributed by atoms with Gasteiger partial charge < -0.3 is 10.6 Å². The molecule has 0 bridgehead atoms. The molecule has 19 heavy (non-hydrogen) atoms. The van der Waals surface area contributed by atoms with Gasteiger partial charge in [-0.3, -0.25) is 4.79 Å². The first kappa shape index (κ1) is 13.9. The zero-order chi connectivity index (χ0) is 13.7. The van der Waals surface area contributed by atoms with E-state index in [9.17, 15) is 4.79 Å². The fraction of sp³-hybridized carbons (Fsp3) is 0.562. The Morgan fingerprint density at radius 3 is 2.42 bits per heavy atom. The van der Waals surface area contributed by atoms with E-state index in [0.717, 1.165) is 24.4 Å². The van der Waals surface area contributed by atoms with Gasteiger partial charge in [0.25, 0.3) is 0 Å². The lowest BCUT2D eigenvalue weighted by molar-refractivity contribution is -0.120. The lowest BCUT2D eigenvalue weighted by Gasteiger charge is -2.27. The number of rotatable bonds is 4. The molecule has 2 N–H and O–H groups in total. The number of carbonyl (C=O) groups excluding carboxylic acids is 1. The smallest absolute Gasteiger partial charge is 0.239 e. The van der Waals surface area contributed by atoms with Gasteiger partial charge in [0.15, 0.2) is 0 Å². The van der Waals surface area contributed by atoms with Crippen molar-refractivity contribution in [2.45, 2.75) is 45.6 Å². The molecule has 1 amide bonds. The number of carbonyl (C=O) groups is 1. The average Bonchev–Trinajstić information content (AvgIpc) is 2.41. The predicted octanol–water partition coefficient (Wildman–Crippen LogP) is 3.10. The summed E-state index contributed by atoms with van der Waals surface area (Å²) in [4.78, 5) is 11.9. The Kier molecular flexibility index (Phi) is 4.83. The van der Waals surface area contributed by atoms with Crippen molar-refractivity contribution in [2.75, 3.05) is 11.9 Å². The summed E-state index contributed by atoms with van der Waals surface area (Å²) in [6.45, 7) is 4.70. The monoisotopic (exact) mass is 260 g/mol. The maximum atomic E-state index is 11.9. The molecule has 0 radical (unpaired) electrons. The Balaban J connectivity index is 1.71. The third-order valence-corrected chi connectivity index (χ3v) is 3.89. The third kappa shape index (κ3) is 4.58. The van der Waals surface area contributed by atoms with Crippen LogP contribution in [0.3, 0.4) is 0 Å². The maximum Gasteiger partial charge on any atom is 0.239 e. The molecule has 0 heterocycles. The van der Waals surface area contributed by atoms with Crippen LogP contribution in [0, 0.1) is 12.8 Å². The number of hydrogen-bond donors (Lipinski definition) is 2. The molecular weight excluding hydrogens is 236 g/mol. The van der Waals surface area contributed by atoms with E-state index in [1.54, 1.807) is 0 Å². The van der Waals surface area contributed by atoms with Crippen molar-refractivity contribution >= 4 is 11.6 Å². The molecule has 0 atom stereocenters. The molecule has 1 aromatic carbocycles. The second-order valence-corrected chi connectivity index (χ2v) is 5.74. The second kappa shape index (κ2) is 6.60. The van der Waals surface area contributed by atoms with E-state index in [4.69, 9.17) is 0 Å². The van der Waals surface area contributed by atoms with Gasteiger partial charge in [-0.05, 0) is 50.7 Å². The Morgan fingerprint density at radius 1 is 1.16 bits per heavy atom. The van der Waals surface area contributed by atoms with Gasteiger partial charge in [0.1, 0.15) is 0 Å². The zero-order valence-corrected chi connectivity index (χ0v) is 11.9. The topological polar surface area (TPSA) is 41.1 Å². The summed E-state index contributed by atoms with van der Waals surface area (Å²) in [5.41, 5.74) is 2.23. The summed E-state index contributed by atoms with van der Waals surface area (Å²) in [6, 6.07) is 8.48. The molecule has 0 saturated heterocycles. The van der Waals surface area contributed by atoms with E-state index in [0.29, 0.717) is 12.6 Å². The average molecular weight is 260 g/mol. The molecule has 0 unspecified atom stereocenters. The van der Waals surface area contributed by atoms with Gasteiger partial charge >= 0.3 is 0 Å². The number of hydrogen-bond acceptors (Lipinski definition) is 2. The Labute approximate surface area is 115 Å². The minimum absolute atomic E-state index is 0.0973. The molecule has 0 aliphatic heterocycles. The normalized spacial score (nSPS) is 22.8. The Morgan fingerprint density at radius 2 is 1.79 bits per heavy atom.